The molecule has 0 bridgehead atoms. The Morgan fingerprint density at radius 2 is 1.46 bits per heavy atom. The molecule has 1 amide bonds. The van der Waals surface area contributed by atoms with Crippen molar-refractivity contribution in [3.8, 4) is 51.0 Å². The second-order valence-electron chi connectivity index (χ2n) is 12.8. The Bertz CT molecular complexity index is 2070. The molecule has 2 aliphatic heterocycles. The zero-order valence-corrected chi connectivity index (χ0v) is 25.8. The summed E-state index contributed by atoms with van der Waals surface area (Å²) in [5.41, 5.74) is 4.21. The van der Waals surface area contributed by atoms with Crippen molar-refractivity contribution in [2.45, 2.75) is 24.5 Å². The summed E-state index contributed by atoms with van der Waals surface area (Å²) < 4.78 is 22.1. The molecule has 8 rings (SSSR count). The summed E-state index contributed by atoms with van der Waals surface area (Å²) in [6.07, 6.45) is 0.0876. The number of Topliss-reactive ketones (excluding diaryl/α,β-unsaturated/α-hetero) is 2. The van der Waals surface area contributed by atoms with Crippen LogP contribution in [0.4, 0.5) is 0 Å². The van der Waals surface area contributed by atoms with E-state index < -0.39 is 58.0 Å². The Labute approximate surface area is 273 Å². The molecule has 0 aromatic heterocycles. The van der Waals surface area contributed by atoms with Gasteiger partial charge in [0.15, 0.2) is 34.4 Å². The van der Waals surface area contributed by atoms with E-state index in [0.29, 0.717) is 50.8 Å². The van der Waals surface area contributed by atoms with E-state index in [1.165, 1.54) is 4.90 Å². The van der Waals surface area contributed by atoms with Gasteiger partial charge in [-0.3, -0.25) is 19.3 Å². The molecule has 6 N–H and O–H groups in total. The first-order valence-corrected chi connectivity index (χ1v) is 15.3. The molecule has 246 valence electrons. The summed E-state index contributed by atoms with van der Waals surface area (Å²) in [5, 5.41) is 47.0. The van der Waals surface area contributed by atoms with Gasteiger partial charge in [0, 0.05) is 17.1 Å². The van der Waals surface area contributed by atoms with Crippen LogP contribution in [0.5, 0.6) is 28.7 Å². The van der Waals surface area contributed by atoms with Crippen LogP contribution in [0.3, 0.4) is 0 Å². The monoisotopic (exact) mass is 654 g/mol. The highest BCUT2D eigenvalue weighted by Crippen LogP contribution is 2.55. The topological polar surface area (TPSA) is 198 Å². The summed E-state index contributed by atoms with van der Waals surface area (Å²) in [6, 6.07) is 11.1. The smallest absolute Gasteiger partial charge is 0.255 e. The lowest BCUT2D eigenvalue weighted by Crippen LogP contribution is -2.65. The standard InChI is InChI=1S/C35H30N2O11/c1-37(2)28-20-8-16-7-19-17(14-3-5-21-23(9-14)47-12-45-21)11-18(15-4-6-22-24(10-15)48-13-46-22)29(38)26(19)30(39)25(16)32(41)35(20,44)33(42)27(31(28)40)34(36)43/h3-6,9-11,16,20,28,38-39,42,44H,7-8,12-13H2,1-2H3,(H2,36,43)/t16-,20-,28-,35-/m0/s1. The van der Waals surface area contributed by atoms with Gasteiger partial charge >= 0.3 is 0 Å². The number of hydrogen-bond donors (Lipinski definition) is 5. The molecule has 13 nitrogen and oxygen atoms in total. The second-order valence-corrected chi connectivity index (χ2v) is 12.8. The molecule has 13 heteroatoms. The number of amides is 1. The molecular weight excluding hydrogens is 624 g/mol. The van der Waals surface area contributed by atoms with Gasteiger partial charge in [-0.2, -0.15) is 0 Å². The Kier molecular flexibility index (Phi) is 6.36. The molecule has 0 unspecified atom stereocenters. The number of aliphatic hydroxyl groups excluding tert-OH is 2. The van der Waals surface area contributed by atoms with Crippen LogP contribution in [0.1, 0.15) is 17.5 Å². The Balaban J connectivity index is 1.37. The molecule has 0 spiro atoms. The number of likely N-dealkylation sites (N-methyl/N-ethyl adjacent to an activating group) is 1. The summed E-state index contributed by atoms with van der Waals surface area (Å²) in [5.74, 6) is -5.12. The fraction of sp³-hybridized carbons (Fsp3) is 0.286. The van der Waals surface area contributed by atoms with E-state index in [0.717, 1.165) is 0 Å². The highest BCUT2D eigenvalue weighted by atomic mass is 16.7. The Morgan fingerprint density at radius 1 is 0.875 bits per heavy atom. The number of rotatable bonds is 4. The minimum absolute atomic E-state index is 0.0307. The second kappa shape index (κ2) is 10.2. The van der Waals surface area contributed by atoms with E-state index in [1.807, 2.05) is 6.07 Å². The molecule has 5 aliphatic rings. The number of aromatic hydroxyl groups is 1. The van der Waals surface area contributed by atoms with E-state index in [4.69, 9.17) is 24.7 Å². The summed E-state index contributed by atoms with van der Waals surface area (Å²) >= 11 is 0. The molecule has 1 fully saturated rings. The maximum Gasteiger partial charge on any atom is 0.255 e. The van der Waals surface area contributed by atoms with Crippen molar-refractivity contribution in [3.05, 3.63) is 70.5 Å². The summed E-state index contributed by atoms with van der Waals surface area (Å²) in [7, 11) is 3.11. The maximum absolute atomic E-state index is 14.4. The van der Waals surface area contributed by atoms with Crippen molar-refractivity contribution >= 4 is 23.2 Å². The zero-order chi connectivity index (χ0) is 33.8. The predicted molar refractivity (Wildman–Crippen MR) is 167 cm³/mol. The number of carbonyl (C=O) groups excluding carboxylic acids is 3. The lowest BCUT2D eigenvalue weighted by Gasteiger charge is -2.50. The number of ketones is 2. The van der Waals surface area contributed by atoms with Crippen LogP contribution in [-0.4, -0.2) is 82.1 Å². The van der Waals surface area contributed by atoms with Crippen LogP contribution >= 0.6 is 0 Å². The minimum Gasteiger partial charge on any atom is -0.508 e. The average molecular weight is 655 g/mol. The number of aliphatic hydroxyl groups is 3. The molecule has 3 aliphatic carbocycles. The third-order valence-electron chi connectivity index (χ3n) is 10.1. The number of hydrogen-bond acceptors (Lipinski definition) is 12. The van der Waals surface area contributed by atoms with Crippen molar-refractivity contribution in [3.63, 3.8) is 0 Å². The van der Waals surface area contributed by atoms with Crippen LogP contribution in [0.25, 0.3) is 28.0 Å². The maximum atomic E-state index is 14.4. The normalized spacial score (nSPS) is 25.3. The van der Waals surface area contributed by atoms with Gasteiger partial charge in [-0.15, -0.1) is 0 Å². The average Bonchev–Trinajstić information content (AvgIpc) is 3.71. The number of phenols is 1. The molecule has 2 heterocycles. The fourth-order valence-electron chi connectivity index (χ4n) is 7.92. The molecule has 48 heavy (non-hydrogen) atoms. The largest absolute Gasteiger partial charge is 0.508 e. The van der Waals surface area contributed by atoms with E-state index in [-0.39, 0.29) is 43.3 Å². The minimum atomic E-state index is -2.74. The highest BCUT2D eigenvalue weighted by molar-refractivity contribution is 6.24. The number of nitrogens with zero attached hydrogens (tertiary/aromatic N) is 1. The van der Waals surface area contributed by atoms with Gasteiger partial charge in [0.1, 0.15) is 22.8 Å². The van der Waals surface area contributed by atoms with Gasteiger partial charge in [-0.1, -0.05) is 12.1 Å². The zero-order valence-electron chi connectivity index (χ0n) is 25.8. The van der Waals surface area contributed by atoms with E-state index >= 15 is 0 Å². The van der Waals surface area contributed by atoms with E-state index in [1.54, 1.807) is 50.5 Å². The van der Waals surface area contributed by atoms with Gasteiger partial charge in [0.25, 0.3) is 5.91 Å². The number of primary amides is 1. The SMILES string of the molecule is CN(C)[C@@H]1C(=O)C(C(N)=O)=C(O)[C@@]2(O)C(=O)C3=C(O)c4c(O)c(-c5ccc6c(c5)OCO6)cc(-c5ccc6c(c5)OCO6)c4C[C@H]3C[C@@H]12. The molecule has 3 aromatic carbocycles. The van der Waals surface area contributed by atoms with Crippen LogP contribution in [-0.2, 0) is 20.8 Å². The quantitative estimate of drug-likeness (QED) is 0.258. The van der Waals surface area contributed by atoms with E-state index in [9.17, 15) is 34.8 Å². The fourth-order valence-corrected chi connectivity index (χ4v) is 7.92. The van der Waals surface area contributed by atoms with Gasteiger partial charge in [-0.25, -0.2) is 0 Å². The summed E-state index contributed by atoms with van der Waals surface area (Å²) in [6.45, 7) is 0.0948. The highest BCUT2D eigenvalue weighted by Gasteiger charge is 2.64. The molecule has 4 atom stereocenters. The Morgan fingerprint density at radius 3 is 2.04 bits per heavy atom. The first kappa shape index (κ1) is 29.8. The Hall–Kier alpha value is -5.53. The van der Waals surface area contributed by atoms with Gasteiger partial charge in [-0.05, 0) is 85.4 Å². The van der Waals surface area contributed by atoms with Crippen molar-refractivity contribution in [1.82, 2.24) is 4.90 Å². The van der Waals surface area contributed by atoms with Crippen molar-refractivity contribution < 1.29 is 53.8 Å². The van der Waals surface area contributed by atoms with Crippen molar-refractivity contribution in [2.24, 2.45) is 17.6 Å². The molecule has 3 aromatic rings. The van der Waals surface area contributed by atoms with Gasteiger partial charge in [0.05, 0.1) is 11.6 Å². The van der Waals surface area contributed by atoms with Crippen LogP contribution in [0.2, 0.25) is 0 Å². The first-order chi connectivity index (χ1) is 22.9. The number of fused-ring (bicyclic) bond motifs is 5. The molecule has 1 saturated carbocycles. The lowest BCUT2D eigenvalue weighted by atomic mass is 9.57. The number of ether oxygens (including phenoxy) is 4. The van der Waals surface area contributed by atoms with Gasteiger partial charge < -0.3 is 45.1 Å². The lowest BCUT2D eigenvalue weighted by molar-refractivity contribution is -0.153. The molecule has 0 radical (unpaired) electrons. The third-order valence-corrected chi connectivity index (χ3v) is 10.1. The summed E-state index contributed by atoms with van der Waals surface area (Å²) in [4.78, 5) is 41.6. The number of phenolic OH excluding ortho intramolecular Hbond substituents is 1. The number of benzene rings is 3. The number of carbonyl (C=O) groups is 3. The van der Waals surface area contributed by atoms with Gasteiger partial charge in [0.2, 0.25) is 19.4 Å². The molecule has 0 saturated heterocycles. The molecular formula is C35H30N2O11. The predicted octanol–water partition coefficient (Wildman–Crippen LogP) is 2.76. The van der Waals surface area contributed by atoms with Crippen LogP contribution < -0.4 is 24.7 Å². The van der Waals surface area contributed by atoms with Crippen LogP contribution in [0, 0.1) is 11.8 Å². The van der Waals surface area contributed by atoms with Crippen molar-refractivity contribution in [2.75, 3.05) is 27.7 Å². The van der Waals surface area contributed by atoms with Crippen LogP contribution in [0.15, 0.2) is 59.4 Å². The van der Waals surface area contributed by atoms with E-state index in [2.05, 4.69) is 0 Å². The van der Waals surface area contributed by atoms with Crippen molar-refractivity contribution in [1.29, 1.82) is 0 Å². The number of nitrogens with two attached hydrogens (primary N) is 1. The third kappa shape index (κ3) is 3.94. The first-order valence-electron chi connectivity index (χ1n) is 15.3.